The number of H-pyrrole nitrogens is 2. The number of aromatic amines is 2. The lowest BCUT2D eigenvalue weighted by Gasteiger charge is -2.27. The maximum Gasteiger partial charge on any atom is 0.272 e. The smallest absolute Gasteiger partial charge is 0.272 e. The molecule has 9 nitrogen and oxygen atoms in total. The molecule has 0 fully saturated rings. The Kier molecular flexibility index (Phi) is 5.86. The molecule has 2 aliphatic rings. The zero-order valence-electron chi connectivity index (χ0n) is 20.2. The second kappa shape index (κ2) is 9.62. The van der Waals surface area contributed by atoms with Crippen LogP contribution in [0.5, 0.6) is 0 Å². The average molecular weight is 491 g/mol. The van der Waals surface area contributed by atoms with Crippen molar-refractivity contribution in [3.63, 3.8) is 0 Å². The van der Waals surface area contributed by atoms with Gasteiger partial charge >= 0.3 is 0 Å². The number of benzene rings is 1. The zero-order chi connectivity index (χ0) is 25.2. The number of hydrogen-bond donors (Lipinski definition) is 5. The van der Waals surface area contributed by atoms with Gasteiger partial charge in [-0.2, -0.15) is 5.10 Å². The molecule has 37 heavy (non-hydrogen) atoms. The lowest BCUT2D eigenvalue weighted by molar-refractivity contribution is 0.102. The minimum atomic E-state index is -0.171. The Labute approximate surface area is 213 Å². The van der Waals surface area contributed by atoms with Gasteiger partial charge < -0.3 is 20.9 Å². The summed E-state index contributed by atoms with van der Waals surface area (Å²) in [6.07, 6.45) is 15.8. The summed E-state index contributed by atoms with van der Waals surface area (Å²) in [5, 5.41) is 16.6. The Morgan fingerprint density at radius 3 is 2.78 bits per heavy atom. The number of aryl methyl sites for hydroxylation is 1. The standard InChI is InChI=1S/C28H26N8O/c1-17-14-29-10-8-23(17)35-28(37)25-12-19-2-3-20(13-24(19)34-25)27-30-11-9-26(36-27)33-22-6-4-18(5-7-22)21-15-31-32-16-21/h2-12,14-16,20,27,30,34H,13H2,1H3,(H,31,32)(H,33,36)(H,29,35,37). The lowest BCUT2D eigenvalue weighted by atomic mass is 9.92. The van der Waals surface area contributed by atoms with Crippen LogP contribution in [-0.4, -0.2) is 38.1 Å². The van der Waals surface area contributed by atoms with Crippen LogP contribution < -0.4 is 16.0 Å². The first-order valence-electron chi connectivity index (χ1n) is 12.1. The molecule has 6 rings (SSSR count). The van der Waals surface area contributed by atoms with Crippen LogP contribution in [-0.2, 0) is 6.42 Å². The number of carbonyl (C=O) groups excluding carboxylic acids is 1. The molecule has 0 saturated carbocycles. The van der Waals surface area contributed by atoms with Crippen molar-refractivity contribution >= 4 is 29.2 Å². The molecule has 2 atom stereocenters. The SMILES string of the molecule is Cc1cnccc1NC(=O)c1cc2c([nH]1)CC(C1N=C(Nc3ccc(-c4cn[nH]c4)cc3)C=CN1)C=C2. The van der Waals surface area contributed by atoms with E-state index in [4.69, 9.17) is 4.99 Å². The number of carbonyl (C=O) groups is 1. The van der Waals surface area contributed by atoms with Gasteiger partial charge in [0.05, 0.1) is 6.20 Å². The minimum absolute atomic E-state index is 0.123. The molecule has 4 heterocycles. The van der Waals surface area contributed by atoms with E-state index < -0.39 is 0 Å². The van der Waals surface area contributed by atoms with Gasteiger partial charge in [0.15, 0.2) is 0 Å². The maximum atomic E-state index is 12.8. The fraction of sp³-hybridized carbons (Fsp3) is 0.143. The van der Waals surface area contributed by atoms with Gasteiger partial charge in [0.25, 0.3) is 5.91 Å². The Morgan fingerprint density at radius 2 is 1.97 bits per heavy atom. The van der Waals surface area contributed by atoms with Crippen molar-refractivity contribution in [2.24, 2.45) is 10.9 Å². The fourth-order valence-electron chi connectivity index (χ4n) is 4.56. The number of aliphatic imine (C=N–C) groups is 1. The normalized spacial score (nSPS) is 18.0. The van der Waals surface area contributed by atoms with Gasteiger partial charge in [-0.3, -0.25) is 14.9 Å². The topological polar surface area (TPSA) is 123 Å². The number of pyridine rings is 1. The van der Waals surface area contributed by atoms with Crippen LogP contribution >= 0.6 is 0 Å². The van der Waals surface area contributed by atoms with Gasteiger partial charge in [0.2, 0.25) is 0 Å². The van der Waals surface area contributed by atoms with E-state index >= 15 is 0 Å². The number of nitrogens with one attached hydrogen (secondary N) is 5. The zero-order valence-corrected chi connectivity index (χ0v) is 20.2. The summed E-state index contributed by atoms with van der Waals surface area (Å²) in [5.41, 5.74) is 7.36. The second-order valence-electron chi connectivity index (χ2n) is 9.14. The molecule has 0 bridgehead atoms. The molecule has 0 saturated heterocycles. The lowest BCUT2D eigenvalue weighted by Crippen LogP contribution is -2.36. The number of anilines is 2. The van der Waals surface area contributed by atoms with E-state index in [1.165, 1.54) is 0 Å². The first-order chi connectivity index (χ1) is 18.1. The third-order valence-corrected chi connectivity index (χ3v) is 6.59. The number of hydrogen-bond acceptors (Lipinski definition) is 6. The average Bonchev–Trinajstić information content (AvgIpc) is 3.61. The van der Waals surface area contributed by atoms with Gasteiger partial charge in [-0.1, -0.05) is 24.3 Å². The van der Waals surface area contributed by atoms with Crippen LogP contribution in [0.3, 0.4) is 0 Å². The predicted octanol–water partition coefficient (Wildman–Crippen LogP) is 4.50. The van der Waals surface area contributed by atoms with Crippen LogP contribution in [0, 0.1) is 12.8 Å². The number of nitrogens with zero attached hydrogens (tertiary/aromatic N) is 3. The van der Waals surface area contributed by atoms with E-state index in [1.54, 1.807) is 24.7 Å². The van der Waals surface area contributed by atoms with Gasteiger partial charge in [-0.05, 0) is 60.4 Å². The number of aromatic nitrogens is 4. The van der Waals surface area contributed by atoms with E-state index in [-0.39, 0.29) is 18.0 Å². The van der Waals surface area contributed by atoms with E-state index in [0.29, 0.717) is 5.69 Å². The second-order valence-corrected chi connectivity index (χ2v) is 9.14. The van der Waals surface area contributed by atoms with Gasteiger partial charge in [0.1, 0.15) is 17.7 Å². The van der Waals surface area contributed by atoms with Crippen LogP contribution in [0.2, 0.25) is 0 Å². The molecule has 5 N–H and O–H groups in total. The van der Waals surface area contributed by atoms with Crippen molar-refractivity contribution in [2.45, 2.75) is 19.5 Å². The number of amides is 1. The van der Waals surface area contributed by atoms with Crippen molar-refractivity contribution in [2.75, 3.05) is 10.6 Å². The summed E-state index contributed by atoms with van der Waals surface area (Å²) < 4.78 is 0. The predicted molar refractivity (Wildman–Crippen MR) is 145 cm³/mol. The molecule has 9 heteroatoms. The molecule has 1 aromatic carbocycles. The fourth-order valence-corrected chi connectivity index (χ4v) is 4.56. The van der Waals surface area contributed by atoms with Crippen molar-refractivity contribution < 1.29 is 4.79 Å². The highest BCUT2D eigenvalue weighted by molar-refractivity contribution is 6.05. The van der Waals surface area contributed by atoms with Crippen molar-refractivity contribution in [1.82, 2.24) is 25.5 Å². The number of amidine groups is 1. The van der Waals surface area contributed by atoms with Crippen LogP contribution in [0.25, 0.3) is 17.2 Å². The minimum Gasteiger partial charge on any atom is -0.369 e. The molecule has 4 aromatic rings. The third kappa shape index (κ3) is 4.79. The number of rotatable bonds is 5. The van der Waals surface area contributed by atoms with Crippen molar-refractivity contribution in [3.8, 4) is 11.1 Å². The molecule has 3 aromatic heterocycles. The van der Waals surface area contributed by atoms with Crippen molar-refractivity contribution in [1.29, 1.82) is 0 Å². The quantitative estimate of drug-likeness (QED) is 0.282. The van der Waals surface area contributed by atoms with E-state index in [2.05, 4.69) is 60.4 Å². The maximum absolute atomic E-state index is 12.8. The highest BCUT2D eigenvalue weighted by atomic mass is 16.1. The third-order valence-electron chi connectivity index (χ3n) is 6.59. The summed E-state index contributed by atoms with van der Waals surface area (Å²) in [4.78, 5) is 25.1. The summed E-state index contributed by atoms with van der Waals surface area (Å²) in [7, 11) is 0. The molecule has 0 radical (unpaired) electrons. The summed E-state index contributed by atoms with van der Waals surface area (Å²) >= 11 is 0. The summed E-state index contributed by atoms with van der Waals surface area (Å²) in [6, 6.07) is 11.9. The van der Waals surface area contributed by atoms with Crippen LogP contribution in [0.4, 0.5) is 11.4 Å². The molecule has 184 valence electrons. The van der Waals surface area contributed by atoms with E-state index in [0.717, 1.165) is 51.6 Å². The Hall–Kier alpha value is -4.92. The Balaban J connectivity index is 1.12. The molecule has 1 aliphatic carbocycles. The summed E-state index contributed by atoms with van der Waals surface area (Å²) in [5.74, 6) is 0.753. The van der Waals surface area contributed by atoms with Crippen LogP contribution in [0.1, 0.15) is 27.3 Å². The highest BCUT2D eigenvalue weighted by Crippen LogP contribution is 2.28. The monoisotopic (exact) mass is 490 g/mol. The van der Waals surface area contributed by atoms with E-state index in [9.17, 15) is 4.79 Å². The van der Waals surface area contributed by atoms with Gasteiger partial charge in [-0.25, -0.2) is 4.99 Å². The Bertz CT molecular complexity index is 1510. The summed E-state index contributed by atoms with van der Waals surface area (Å²) in [6.45, 7) is 1.92. The first-order valence-corrected chi connectivity index (χ1v) is 12.1. The van der Waals surface area contributed by atoms with Gasteiger partial charge in [0, 0.05) is 53.3 Å². The molecule has 1 amide bonds. The first kappa shape index (κ1) is 22.5. The number of fused-ring (bicyclic) bond motifs is 1. The molecule has 1 aliphatic heterocycles. The highest BCUT2D eigenvalue weighted by Gasteiger charge is 2.26. The van der Waals surface area contributed by atoms with Gasteiger partial charge in [-0.15, -0.1) is 0 Å². The molecular formula is C28H26N8O. The molecule has 2 unspecified atom stereocenters. The van der Waals surface area contributed by atoms with Crippen LogP contribution in [0.15, 0.2) is 84.5 Å². The Morgan fingerprint density at radius 1 is 1.08 bits per heavy atom. The largest absolute Gasteiger partial charge is 0.369 e. The van der Waals surface area contributed by atoms with E-state index in [1.807, 2.05) is 43.6 Å². The molecule has 0 spiro atoms. The van der Waals surface area contributed by atoms with Crippen molar-refractivity contribution in [3.05, 3.63) is 102 Å². The molecular weight excluding hydrogens is 464 g/mol.